The average molecular weight is 250 g/mol. The molecular weight excluding hydrogens is 248 g/mol. The molecular formula is H2BaCaCl2. The molecule has 0 radical (unpaired) electrons. The van der Waals surface area contributed by atoms with Gasteiger partial charge in [0.25, 0.3) is 0 Å². The maximum absolute atomic E-state index is 0. The molecule has 4 heavy (non-hydrogen) atoms. The first-order chi connectivity index (χ1) is 0. The van der Waals surface area contributed by atoms with Crippen LogP contribution in [0.25, 0.3) is 0 Å². The Bertz CT molecular complexity index is 11.5. The second-order valence-corrected chi connectivity index (χ2v) is 0. The molecule has 0 N–H and O–H groups in total. The molecule has 0 aromatic heterocycles. The van der Waals surface area contributed by atoms with Crippen LogP contribution in [0.3, 0.4) is 0 Å². The Morgan fingerprint density at radius 3 is 1.00 bits per heavy atom. The molecule has 0 rings (SSSR count). The van der Waals surface area contributed by atoms with E-state index in [2.05, 4.69) is 0 Å². The molecule has 20 valence electrons. The first-order valence-electron chi connectivity index (χ1n) is 0. The van der Waals surface area contributed by atoms with E-state index in [1.165, 1.54) is 0 Å². The Kier molecular flexibility index (Phi) is 106. The van der Waals surface area contributed by atoms with Crippen LogP contribution < -0.4 is 24.8 Å². The largest absolute Gasteiger partial charge is 2.00 e. The molecule has 0 nitrogen and oxygen atoms in total. The Hall–Kier alpha value is 3.41. The van der Waals surface area contributed by atoms with Crippen molar-refractivity contribution in [3.8, 4) is 0 Å². The third-order valence-corrected chi connectivity index (χ3v) is 0. The molecule has 0 saturated carbocycles. The van der Waals surface area contributed by atoms with Crippen LogP contribution in [0.15, 0.2) is 0 Å². The number of hydrogen-bond acceptors (Lipinski definition) is 0. The maximum Gasteiger partial charge on any atom is 2.00 e. The van der Waals surface area contributed by atoms with Crippen LogP contribution in [0.5, 0.6) is 0 Å². The van der Waals surface area contributed by atoms with Gasteiger partial charge in [0, 0.05) is 0 Å². The zero-order valence-corrected chi connectivity index (χ0v) is 10.3. The smallest absolute Gasteiger partial charge is 1.00 e. The van der Waals surface area contributed by atoms with Gasteiger partial charge in [0.2, 0.25) is 0 Å². The molecule has 0 aliphatic carbocycles. The van der Waals surface area contributed by atoms with Gasteiger partial charge in [0.1, 0.15) is 0 Å². The SMILES string of the molecule is [Ba+2].[Ca+2].[Cl-].[Cl-].[H-].[H-]. The summed E-state index contributed by atoms with van der Waals surface area (Å²) in [6.07, 6.45) is 0. The van der Waals surface area contributed by atoms with Crippen molar-refractivity contribution in [2.24, 2.45) is 0 Å². The summed E-state index contributed by atoms with van der Waals surface area (Å²) < 4.78 is 0. The van der Waals surface area contributed by atoms with Gasteiger partial charge in [-0.15, -0.1) is 0 Å². The Balaban J connectivity index is 0. The summed E-state index contributed by atoms with van der Waals surface area (Å²) in [5.41, 5.74) is 0. The maximum atomic E-state index is 0. The minimum Gasteiger partial charge on any atom is -1.00 e. The van der Waals surface area contributed by atoms with Crippen LogP contribution in [0.1, 0.15) is 2.85 Å². The zero-order valence-electron chi connectivity index (χ0n) is 4.17. The quantitative estimate of drug-likeness (QED) is 0.375. The first kappa shape index (κ1) is 26.2. The molecule has 0 amide bonds. The van der Waals surface area contributed by atoms with Crippen LogP contribution in [-0.2, 0) is 0 Å². The minimum absolute atomic E-state index is 0. The van der Waals surface area contributed by atoms with Crippen LogP contribution in [0.2, 0.25) is 0 Å². The average Bonchev–Trinajstić information content (AvgIpc) is 0. The summed E-state index contributed by atoms with van der Waals surface area (Å²) in [5, 5.41) is 0. The van der Waals surface area contributed by atoms with Gasteiger partial charge in [0.05, 0.1) is 0 Å². The van der Waals surface area contributed by atoms with Crippen molar-refractivity contribution in [2.75, 3.05) is 0 Å². The second-order valence-electron chi connectivity index (χ2n) is 0. The standard InChI is InChI=1S/Ba.Ca.2ClH.2H/h;;2*1H;;/q2*+2;;;2*-1/p-2. The number of halogens is 2. The summed E-state index contributed by atoms with van der Waals surface area (Å²) in [6, 6.07) is 0. The van der Waals surface area contributed by atoms with Crippen molar-refractivity contribution in [2.45, 2.75) is 0 Å². The van der Waals surface area contributed by atoms with Crippen LogP contribution in [0, 0.1) is 0 Å². The van der Waals surface area contributed by atoms with E-state index in [4.69, 9.17) is 0 Å². The van der Waals surface area contributed by atoms with Gasteiger partial charge in [-0.25, -0.2) is 0 Å². The number of hydrogen-bond donors (Lipinski definition) is 0. The van der Waals surface area contributed by atoms with E-state index in [0.717, 1.165) is 0 Å². The van der Waals surface area contributed by atoms with E-state index in [0.29, 0.717) is 0 Å². The fraction of sp³-hybridized carbons (Fsp3) is 0. The summed E-state index contributed by atoms with van der Waals surface area (Å²) in [7, 11) is 0. The van der Waals surface area contributed by atoms with E-state index in [1.807, 2.05) is 0 Å². The van der Waals surface area contributed by atoms with E-state index in [9.17, 15) is 0 Å². The molecule has 0 heterocycles. The van der Waals surface area contributed by atoms with E-state index >= 15 is 0 Å². The topological polar surface area (TPSA) is 0 Å². The summed E-state index contributed by atoms with van der Waals surface area (Å²) in [5.74, 6) is 0. The fourth-order valence-electron chi connectivity index (χ4n) is 0. The van der Waals surface area contributed by atoms with Crippen LogP contribution >= 0.6 is 0 Å². The Morgan fingerprint density at radius 1 is 1.00 bits per heavy atom. The summed E-state index contributed by atoms with van der Waals surface area (Å²) in [6.45, 7) is 0. The molecule has 0 aliphatic heterocycles. The molecule has 0 atom stereocenters. The Morgan fingerprint density at radius 2 is 1.00 bits per heavy atom. The molecule has 0 fully saturated rings. The number of rotatable bonds is 0. The van der Waals surface area contributed by atoms with Gasteiger partial charge < -0.3 is 27.7 Å². The predicted octanol–water partition coefficient (Wildman–Crippen LogP) is -6.53. The van der Waals surface area contributed by atoms with Gasteiger partial charge in [0.15, 0.2) is 0 Å². The van der Waals surface area contributed by atoms with E-state index < -0.39 is 0 Å². The fourth-order valence-corrected chi connectivity index (χ4v) is 0. The molecule has 0 aromatic carbocycles. The van der Waals surface area contributed by atoms with Gasteiger partial charge in [-0.2, -0.15) is 0 Å². The van der Waals surface area contributed by atoms with E-state index in [-0.39, 0.29) is 114 Å². The third kappa shape index (κ3) is 9.05. The van der Waals surface area contributed by atoms with Crippen molar-refractivity contribution in [3.05, 3.63) is 0 Å². The molecule has 0 bridgehead atoms. The molecule has 0 spiro atoms. The van der Waals surface area contributed by atoms with Crippen molar-refractivity contribution < 1.29 is 27.7 Å². The normalized spacial score (nSPS) is 0. The van der Waals surface area contributed by atoms with Crippen molar-refractivity contribution in [1.82, 2.24) is 0 Å². The molecule has 0 saturated heterocycles. The summed E-state index contributed by atoms with van der Waals surface area (Å²) in [4.78, 5) is 0. The van der Waals surface area contributed by atoms with Crippen LogP contribution in [-0.4, -0.2) is 86.6 Å². The zero-order chi connectivity index (χ0) is 0. The Labute approximate surface area is 111 Å². The molecule has 0 aromatic rings. The van der Waals surface area contributed by atoms with Crippen molar-refractivity contribution >= 4 is 86.6 Å². The minimum atomic E-state index is 0. The van der Waals surface area contributed by atoms with Gasteiger partial charge in [-0.1, -0.05) is 0 Å². The van der Waals surface area contributed by atoms with Gasteiger partial charge in [-0.05, 0) is 0 Å². The van der Waals surface area contributed by atoms with E-state index in [1.54, 1.807) is 0 Å². The van der Waals surface area contributed by atoms with Gasteiger partial charge in [-0.3, -0.25) is 0 Å². The van der Waals surface area contributed by atoms with Crippen LogP contribution in [0.4, 0.5) is 0 Å². The molecule has 4 heteroatoms. The second kappa shape index (κ2) is 16.1. The third-order valence-electron chi connectivity index (χ3n) is 0. The van der Waals surface area contributed by atoms with Crippen molar-refractivity contribution in [3.63, 3.8) is 0 Å². The predicted molar refractivity (Wildman–Crippen MR) is 13.7 cm³/mol. The molecule has 0 aliphatic rings. The van der Waals surface area contributed by atoms with Gasteiger partial charge >= 0.3 is 86.6 Å². The summed E-state index contributed by atoms with van der Waals surface area (Å²) >= 11 is 0. The molecule has 0 unspecified atom stereocenters. The monoisotopic (exact) mass is 250 g/mol. The van der Waals surface area contributed by atoms with Crippen molar-refractivity contribution in [1.29, 1.82) is 0 Å². The first-order valence-corrected chi connectivity index (χ1v) is 0.